The van der Waals surface area contributed by atoms with Gasteiger partial charge in [0.25, 0.3) is 21.8 Å². The number of rotatable bonds is 10. The number of aromatic nitrogens is 1. The summed E-state index contributed by atoms with van der Waals surface area (Å²) >= 11 is 6.19. The van der Waals surface area contributed by atoms with Crippen molar-refractivity contribution in [2.75, 3.05) is 21.5 Å². The van der Waals surface area contributed by atoms with Crippen LogP contribution < -0.4 is 14.9 Å². The molecule has 2 amide bonds. The maximum Gasteiger partial charge on any atom is 0.338 e. The molecular weight excluding hydrogens is 548 g/mol. The average molecular weight is 573 g/mol. The minimum Gasteiger partial charge on any atom is -0.462 e. The van der Waals surface area contributed by atoms with Crippen LogP contribution >= 0.6 is 11.6 Å². The van der Waals surface area contributed by atoms with Crippen molar-refractivity contribution in [3.05, 3.63) is 76.1 Å². The predicted octanol–water partition coefficient (Wildman–Crippen LogP) is 4.48. The number of nitrogens with one attached hydrogen (secondary N) is 2. The van der Waals surface area contributed by atoms with E-state index in [-0.39, 0.29) is 32.8 Å². The summed E-state index contributed by atoms with van der Waals surface area (Å²) in [6, 6.07) is 11.3. The highest BCUT2D eigenvalue weighted by Gasteiger charge is 2.39. The van der Waals surface area contributed by atoms with Crippen molar-refractivity contribution in [2.45, 2.75) is 38.5 Å². The third kappa shape index (κ3) is 5.81. The smallest absolute Gasteiger partial charge is 0.338 e. The fraction of sp³-hybridized carbons (Fsp3) is 0.231. The van der Waals surface area contributed by atoms with E-state index >= 15 is 0 Å². The summed E-state index contributed by atoms with van der Waals surface area (Å²) in [5.74, 6) is -1.94. The first-order chi connectivity index (χ1) is 18.5. The molecule has 1 aliphatic rings. The molecule has 0 aliphatic carbocycles. The molecular formula is C26H25ClN4O7S. The fourth-order valence-electron chi connectivity index (χ4n) is 3.54. The molecule has 2 aromatic carbocycles. The van der Waals surface area contributed by atoms with Gasteiger partial charge in [0.05, 0.1) is 28.4 Å². The quantitative estimate of drug-likeness (QED) is 0.204. The van der Waals surface area contributed by atoms with Crippen molar-refractivity contribution in [2.24, 2.45) is 0 Å². The molecule has 0 saturated heterocycles. The van der Waals surface area contributed by atoms with Crippen LogP contribution in [0, 0.1) is 13.8 Å². The van der Waals surface area contributed by atoms with Crippen molar-refractivity contribution in [1.82, 2.24) is 5.16 Å². The number of halogens is 1. The van der Waals surface area contributed by atoms with Gasteiger partial charge in [-0.1, -0.05) is 30.1 Å². The maximum absolute atomic E-state index is 13.1. The number of hydrogen-bond donors (Lipinski definition) is 2. The third-order valence-corrected chi connectivity index (χ3v) is 7.64. The first-order valence-corrected chi connectivity index (χ1v) is 13.8. The topological polar surface area (TPSA) is 148 Å². The molecule has 0 spiro atoms. The second kappa shape index (κ2) is 11.3. The lowest BCUT2D eigenvalue weighted by molar-refractivity contribution is -0.120. The van der Waals surface area contributed by atoms with E-state index < -0.39 is 27.8 Å². The van der Waals surface area contributed by atoms with E-state index in [1.807, 2.05) is 6.92 Å². The number of esters is 1. The standard InChI is InChI=1S/C26H25ClN4O7S/c1-4-5-14-37-26(34)17-6-10-19(11-7-17)31-24(32)21(27)22(25(31)33)28-18-8-12-20(13-9-18)39(35,36)30-23-15(2)16(3)29-38-23/h6-13,28,30H,4-5,14H2,1-3H3. The van der Waals surface area contributed by atoms with Crippen LogP contribution in [-0.4, -0.2) is 38.0 Å². The van der Waals surface area contributed by atoms with Crippen LogP contribution in [0.25, 0.3) is 0 Å². The number of carbonyl (C=O) groups excluding carboxylic acids is 3. The zero-order valence-electron chi connectivity index (χ0n) is 21.3. The van der Waals surface area contributed by atoms with Gasteiger partial charge in [-0.05, 0) is 68.8 Å². The van der Waals surface area contributed by atoms with Crippen molar-refractivity contribution in [1.29, 1.82) is 0 Å². The zero-order valence-corrected chi connectivity index (χ0v) is 22.9. The van der Waals surface area contributed by atoms with Crippen molar-refractivity contribution in [3.8, 4) is 0 Å². The molecule has 11 nitrogen and oxygen atoms in total. The second-order valence-corrected chi connectivity index (χ2v) is 10.7. The summed E-state index contributed by atoms with van der Waals surface area (Å²) in [6.45, 7) is 5.65. The Morgan fingerprint density at radius 2 is 1.72 bits per heavy atom. The maximum atomic E-state index is 13.1. The van der Waals surface area contributed by atoms with Crippen LogP contribution in [0.3, 0.4) is 0 Å². The lowest BCUT2D eigenvalue weighted by Crippen LogP contribution is -2.32. The Labute approximate surface area is 229 Å². The van der Waals surface area contributed by atoms with Gasteiger partial charge in [0, 0.05) is 11.3 Å². The summed E-state index contributed by atoms with van der Waals surface area (Å²) < 4.78 is 37.9. The van der Waals surface area contributed by atoms with Gasteiger partial charge in [-0.2, -0.15) is 0 Å². The van der Waals surface area contributed by atoms with E-state index in [1.165, 1.54) is 48.5 Å². The number of unbranched alkanes of at least 4 members (excludes halogenated alkanes) is 1. The summed E-state index contributed by atoms with van der Waals surface area (Å²) in [7, 11) is -3.97. The van der Waals surface area contributed by atoms with E-state index in [0.717, 1.165) is 17.7 Å². The number of sulfonamides is 1. The molecule has 2 heterocycles. The Morgan fingerprint density at radius 3 is 2.31 bits per heavy atom. The third-order valence-electron chi connectivity index (χ3n) is 5.94. The largest absolute Gasteiger partial charge is 0.462 e. The fourth-order valence-corrected chi connectivity index (χ4v) is 4.80. The Kier molecular flexibility index (Phi) is 8.07. The molecule has 2 N–H and O–H groups in total. The molecule has 0 bridgehead atoms. The zero-order chi connectivity index (χ0) is 28.3. The van der Waals surface area contributed by atoms with Gasteiger partial charge in [-0.15, -0.1) is 0 Å². The molecule has 1 aromatic heterocycles. The average Bonchev–Trinajstić information content (AvgIpc) is 3.33. The molecule has 3 aromatic rings. The van der Waals surface area contributed by atoms with E-state index in [0.29, 0.717) is 23.6 Å². The van der Waals surface area contributed by atoms with Crippen molar-refractivity contribution < 1.29 is 32.1 Å². The Morgan fingerprint density at radius 1 is 1.05 bits per heavy atom. The number of nitrogens with zero attached hydrogens (tertiary/aromatic N) is 2. The van der Waals surface area contributed by atoms with Crippen LogP contribution in [0.4, 0.5) is 17.3 Å². The molecule has 0 fully saturated rings. The number of amides is 2. The minimum atomic E-state index is -3.97. The van der Waals surface area contributed by atoms with Crippen molar-refractivity contribution in [3.63, 3.8) is 0 Å². The molecule has 4 rings (SSSR count). The lowest BCUT2D eigenvalue weighted by atomic mass is 10.2. The molecule has 1 aliphatic heterocycles. The van der Waals surface area contributed by atoms with Gasteiger partial charge < -0.3 is 14.6 Å². The minimum absolute atomic E-state index is 0.0169. The molecule has 39 heavy (non-hydrogen) atoms. The van der Waals surface area contributed by atoms with Gasteiger partial charge in [-0.3, -0.25) is 9.59 Å². The summed E-state index contributed by atoms with van der Waals surface area (Å²) in [6.07, 6.45) is 1.64. The molecule has 0 unspecified atom stereocenters. The number of aryl methyl sites for hydroxylation is 1. The highest BCUT2D eigenvalue weighted by atomic mass is 35.5. The second-order valence-electron chi connectivity index (χ2n) is 8.65. The lowest BCUT2D eigenvalue weighted by Gasteiger charge is -2.15. The summed E-state index contributed by atoms with van der Waals surface area (Å²) in [5, 5.41) is 6.18. The Bertz CT molecular complexity index is 1560. The van der Waals surface area contributed by atoms with E-state index in [2.05, 4.69) is 15.2 Å². The molecule has 0 saturated carbocycles. The highest BCUT2D eigenvalue weighted by Crippen LogP contribution is 2.31. The van der Waals surface area contributed by atoms with Crippen molar-refractivity contribution >= 4 is 56.7 Å². The van der Waals surface area contributed by atoms with Gasteiger partial charge in [0.15, 0.2) is 0 Å². The van der Waals surface area contributed by atoms with Gasteiger partial charge in [0.1, 0.15) is 10.7 Å². The first-order valence-electron chi connectivity index (χ1n) is 11.9. The normalized spacial score (nSPS) is 13.7. The van der Waals surface area contributed by atoms with Crippen LogP contribution in [0.2, 0.25) is 0 Å². The van der Waals surface area contributed by atoms with Crippen LogP contribution in [0.1, 0.15) is 41.4 Å². The number of carbonyl (C=O) groups is 3. The predicted molar refractivity (Wildman–Crippen MR) is 144 cm³/mol. The molecule has 13 heteroatoms. The number of anilines is 3. The van der Waals surface area contributed by atoms with E-state index in [1.54, 1.807) is 13.8 Å². The van der Waals surface area contributed by atoms with E-state index in [9.17, 15) is 22.8 Å². The van der Waals surface area contributed by atoms with E-state index in [4.69, 9.17) is 20.9 Å². The molecule has 204 valence electrons. The van der Waals surface area contributed by atoms with Gasteiger partial charge in [-0.25, -0.2) is 22.8 Å². The summed E-state index contributed by atoms with van der Waals surface area (Å²) in [5.41, 5.74) is 1.77. The van der Waals surface area contributed by atoms with Crippen LogP contribution in [0.5, 0.6) is 0 Å². The number of benzene rings is 2. The molecule has 0 atom stereocenters. The van der Waals surface area contributed by atoms with Crippen LogP contribution in [-0.2, 0) is 24.3 Å². The number of imide groups is 1. The van der Waals surface area contributed by atoms with Gasteiger partial charge >= 0.3 is 5.97 Å². The Hall–Kier alpha value is -4.16. The monoisotopic (exact) mass is 572 g/mol. The van der Waals surface area contributed by atoms with Crippen LogP contribution in [0.15, 0.2) is 68.7 Å². The highest BCUT2D eigenvalue weighted by molar-refractivity contribution is 7.92. The number of ether oxygens (including phenoxy) is 1. The summed E-state index contributed by atoms with van der Waals surface area (Å²) in [4.78, 5) is 38.8. The first kappa shape index (κ1) is 27.9. The van der Waals surface area contributed by atoms with Gasteiger partial charge in [0.2, 0.25) is 5.88 Å². The SMILES string of the molecule is CCCCOC(=O)c1ccc(N2C(=O)C(Cl)=C(Nc3ccc(S(=O)(=O)Nc4onc(C)c4C)cc3)C2=O)cc1. The number of hydrogen-bond acceptors (Lipinski definition) is 9. The molecule has 0 radical (unpaired) electrons. The Balaban J connectivity index is 1.46.